The number of aromatic nitrogens is 2. The quantitative estimate of drug-likeness (QED) is 0.434. The number of ether oxygens (including phenoxy) is 1. The van der Waals surface area contributed by atoms with Crippen molar-refractivity contribution in [2.75, 3.05) is 0 Å². The van der Waals surface area contributed by atoms with Crippen LogP contribution in [0.15, 0.2) is 62.5 Å². The van der Waals surface area contributed by atoms with Crippen LogP contribution in [-0.2, 0) is 0 Å². The van der Waals surface area contributed by atoms with E-state index >= 15 is 0 Å². The first kappa shape index (κ1) is 16.8. The van der Waals surface area contributed by atoms with Gasteiger partial charge in [-0.1, -0.05) is 35.9 Å². The summed E-state index contributed by atoms with van der Waals surface area (Å²) in [5.41, 5.74) is 0.743. The van der Waals surface area contributed by atoms with Crippen molar-refractivity contribution in [2.45, 2.75) is 12.8 Å². The Morgan fingerprint density at radius 3 is 2.57 bits per heavy atom. The van der Waals surface area contributed by atoms with Gasteiger partial charge < -0.3 is 14.1 Å². The maximum Gasteiger partial charge on any atom is 0.344 e. The molecule has 2 aromatic heterocycles. The highest BCUT2D eigenvalue weighted by Crippen LogP contribution is 2.46. The third kappa shape index (κ3) is 2.46. The van der Waals surface area contributed by atoms with Crippen LogP contribution in [0.3, 0.4) is 0 Å². The fourth-order valence-electron chi connectivity index (χ4n) is 3.63. The third-order valence-electron chi connectivity index (χ3n) is 4.82. The van der Waals surface area contributed by atoms with Crippen LogP contribution in [0.1, 0.15) is 28.4 Å². The zero-order chi connectivity index (χ0) is 19.4. The number of hydrogen-bond donors (Lipinski definition) is 1. The standard InChI is InChI=1S/C21H13ClN2O4/c1-10-23-19(25)17-15(11-6-8-12(22)9-7-11)16-18(28-20(17)24-10)13-4-2-3-5-14(13)27-21(16)26/h2-9,15H,1H3,(H,23,24,25)/t15-/m0/s1. The Labute approximate surface area is 163 Å². The van der Waals surface area contributed by atoms with Gasteiger partial charge in [0.1, 0.15) is 11.4 Å². The van der Waals surface area contributed by atoms with Crippen LogP contribution in [0.5, 0.6) is 11.6 Å². The Morgan fingerprint density at radius 2 is 1.79 bits per heavy atom. The second-order valence-electron chi connectivity index (χ2n) is 6.59. The van der Waals surface area contributed by atoms with Crippen LogP contribution in [0.25, 0.3) is 11.0 Å². The first-order valence-electron chi connectivity index (χ1n) is 8.63. The Morgan fingerprint density at radius 1 is 1.04 bits per heavy atom. The van der Waals surface area contributed by atoms with Crippen molar-refractivity contribution in [2.24, 2.45) is 0 Å². The van der Waals surface area contributed by atoms with Gasteiger partial charge in [-0.25, -0.2) is 4.79 Å². The van der Waals surface area contributed by atoms with Crippen molar-refractivity contribution >= 4 is 22.6 Å². The molecule has 0 aliphatic carbocycles. The number of benzene rings is 2. The molecule has 2 aromatic carbocycles. The van der Waals surface area contributed by atoms with E-state index in [2.05, 4.69) is 9.97 Å². The van der Waals surface area contributed by atoms with E-state index in [1.165, 1.54) is 0 Å². The highest BCUT2D eigenvalue weighted by Gasteiger charge is 2.37. The third-order valence-corrected chi connectivity index (χ3v) is 5.07. The number of rotatable bonds is 1. The van der Waals surface area contributed by atoms with Gasteiger partial charge in [0.15, 0.2) is 5.75 Å². The summed E-state index contributed by atoms with van der Waals surface area (Å²) in [5, 5.41) is 1.19. The number of aryl methyl sites for hydroxylation is 1. The number of fused-ring (bicyclic) bond motifs is 4. The summed E-state index contributed by atoms with van der Waals surface area (Å²) in [6.07, 6.45) is 0. The summed E-state index contributed by atoms with van der Waals surface area (Å²) in [6, 6.07) is 14.1. The summed E-state index contributed by atoms with van der Waals surface area (Å²) >= 11 is 6.03. The zero-order valence-electron chi connectivity index (χ0n) is 14.7. The van der Waals surface area contributed by atoms with Crippen LogP contribution in [0, 0.1) is 6.92 Å². The average Bonchev–Trinajstić information content (AvgIpc) is 2.67. The summed E-state index contributed by atoms with van der Waals surface area (Å²) < 4.78 is 11.5. The van der Waals surface area contributed by atoms with Crippen molar-refractivity contribution in [3.05, 3.63) is 96.8 Å². The minimum Gasteiger partial charge on any atom is -0.437 e. The Bertz CT molecular complexity index is 1360. The molecule has 6 nitrogen and oxygen atoms in total. The van der Waals surface area contributed by atoms with Gasteiger partial charge in [-0.15, -0.1) is 0 Å². The number of nitrogens with one attached hydrogen (secondary N) is 1. The Balaban J connectivity index is 1.91. The van der Waals surface area contributed by atoms with Gasteiger partial charge in [-0.3, -0.25) is 4.79 Å². The number of hydrogen-bond acceptors (Lipinski definition) is 5. The minimum atomic E-state index is -0.686. The molecule has 0 saturated heterocycles. The first-order chi connectivity index (χ1) is 13.5. The van der Waals surface area contributed by atoms with E-state index in [-0.39, 0.29) is 22.6 Å². The smallest absolute Gasteiger partial charge is 0.344 e. The predicted octanol–water partition coefficient (Wildman–Crippen LogP) is 4.12. The number of H-pyrrole nitrogens is 1. The first-order valence-corrected chi connectivity index (χ1v) is 9.00. The van der Waals surface area contributed by atoms with Crippen LogP contribution in [0.2, 0.25) is 5.02 Å². The van der Waals surface area contributed by atoms with Gasteiger partial charge in [-0.05, 0) is 36.8 Å². The molecule has 0 spiro atoms. The fraction of sp³-hybridized carbons (Fsp3) is 0.0952. The highest BCUT2D eigenvalue weighted by molar-refractivity contribution is 6.30. The molecular weight excluding hydrogens is 380 g/mol. The van der Waals surface area contributed by atoms with E-state index in [9.17, 15) is 9.59 Å². The molecule has 1 atom stereocenters. The molecule has 0 fully saturated rings. The van der Waals surface area contributed by atoms with Crippen LogP contribution < -0.4 is 15.9 Å². The van der Waals surface area contributed by atoms with E-state index in [1.54, 1.807) is 49.4 Å². The van der Waals surface area contributed by atoms with Crippen molar-refractivity contribution in [1.82, 2.24) is 9.97 Å². The van der Waals surface area contributed by atoms with Crippen molar-refractivity contribution in [3.8, 4) is 11.6 Å². The predicted molar refractivity (Wildman–Crippen MR) is 105 cm³/mol. The second-order valence-corrected chi connectivity index (χ2v) is 7.02. The number of para-hydroxylation sites is 1. The largest absolute Gasteiger partial charge is 0.437 e. The zero-order valence-corrected chi connectivity index (χ0v) is 15.4. The lowest BCUT2D eigenvalue weighted by molar-refractivity contribution is 0.419. The van der Waals surface area contributed by atoms with Gasteiger partial charge in [-0.2, -0.15) is 4.98 Å². The summed E-state index contributed by atoms with van der Waals surface area (Å²) in [4.78, 5) is 32.8. The van der Waals surface area contributed by atoms with Crippen molar-refractivity contribution in [1.29, 1.82) is 0 Å². The lowest BCUT2D eigenvalue weighted by Gasteiger charge is -2.26. The molecule has 0 bridgehead atoms. The van der Waals surface area contributed by atoms with Crippen molar-refractivity contribution < 1.29 is 9.15 Å². The molecule has 7 heteroatoms. The van der Waals surface area contributed by atoms with E-state index in [1.807, 2.05) is 6.07 Å². The Kier molecular flexibility index (Phi) is 3.64. The molecular formula is C21H13ClN2O4. The van der Waals surface area contributed by atoms with Crippen LogP contribution in [0.4, 0.5) is 0 Å². The fourth-order valence-corrected chi connectivity index (χ4v) is 3.75. The van der Waals surface area contributed by atoms with Crippen LogP contribution >= 0.6 is 11.6 Å². The van der Waals surface area contributed by atoms with Gasteiger partial charge in [0.05, 0.1) is 22.4 Å². The Hall–Kier alpha value is -3.38. The van der Waals surface area contributed by atoms with Crippen LogP contribution in [-0.4, -0.2) is 9.97 Å². The van der Waals surface area contributed by atoms with E-state index < -0.39 is 11.5 Å². The second kappa shape index (κ2) is 6.07. The molecule has 28 heavy (non-hydrogen) atoms. The molecule has 0 amide bonds. The molecule has 1 aliphatic heterocycles. The van der Waals surface area contributed by atoms with Gasteiger partial charge in [0.2, 0.25) is 5.88 Å². The molecule has 1 N–H and O–H groups in total. The molecule has 0 radical (unpaired) electrons. The molecule has 0 unspecified atom stereocenters. The van der Waals surface area contributed by atoms with E-state index in [4.69, 9.17) is 20.8 Å². The van der Waals surface area contributed by atoms with Gasteiger partial charge in [0.25, 0.3) is 5.56 Å². The van der Waals surface area contributed by atoms with Gasteiger partial charge in [0, 0.05) is 5.02 Å². The maximum absolute atomic E-state index is 12.9. The highest BCUT2D eigenvalue weighted by atomic mass is 35.5. The number of nitrogens with zero attached hydrogens (tertiary/aromatic N) is 1. The molecule has 3 heterocycles. The monoisotopic (exact) mass is 392 g/mol. The molecule has 4 aromatic rings. The normalized spacial score (nSPS) is 15.0. The molecule has 138 valence electrons. The number of halogens is 1. The average molecular weight is 393 g/mol. The lowest BCUT2D eigenvalue weighted by Crippen LogP contribution is -2.28. The number of aromatic amines is 1. The van der Waals surface area contributed by atoms with E-state index in [0.29, 0.717) is 33.1 Å². The maximum atomic E-state index is 12.9. The van der Waals surface area contributed by atoms with E-state index in [0.717, 1.165) is 0 Å². The molecule has 5 rings (SSSR count). The minimum absolute atomic E-state index is 0.185. The van der Waals surface area contributed by atoms with Crippen molar-refractivity contribution in [3.63, 3.8) is 0 Å². The lowest BCUT2D eigenvalue weighted by atomic mass is 9.84. The SMILES string of the molecule is Cc1nc2c(c(=O)[nH]1)[C@@H](c1ccc(Cl)cc1)c1c(c3ccccc3oc1=O)O2. The summed E-state index contributed by atoms with van der Waals surface area (Å²) in [7, 11) is 0. The molecule has 1 aliphatic rings. The van der Waals surface area contributed by atoms with Gasteiger partial charge >= 0.3 is 5.63 Å². The molecule has 0 saturated carbocycles. The summed E-state index contributed by atoms with van der Waals surface area (Å²) in [6.45, 7) is 1.68. The topological polar surface area (TPSA) is 85.2 Å². The summed E-state index contributed by atoms with van der Waals surface area (Å²) in [5.74, 6) is 0.282.